The summed E-state index contributed by atoms with van der Waals surface area (Å²) in [6.45, 7) is 2.15. The van der Waals surface area contributed by atoms with E-state index in [-0.39, 0.29) is 36.4 Å². The number of ether oxygens (including phenoxy) is 3. The molecule has 0 aromatic heterocycles. The number of hydrogen-bond acceptors (Lipinski definition) is 7. The molecule has 0 radical (unpaired) electrons. The molecule has 2 aromatic carbocycles. The van der Waals surface area contributed by atoms with E-state index in [1.165, 1.54) is 20.3 Å². The molecule has 1 unspecified atom stereocenters. The van der Waals surface area contributed by atoms with Crippen molar-refractivity contribution in [2.24, 2.45) is 10.9 Å². The summed E-state index contributed by atoms with van der Waals surface area (Å²) in [6.07, 6.45) is 0.864. The van der Waals surface area contributed by atoms with E-state index in [4.69, 9.17) is 30.8 Å². The maximum atomic E-state index is 13.6. The molecule has 0 saturated carbocycles. The minimum Gasteiger partial charge on any atom is -0.504 e. The van der Waals surface area contributed by atoms with Crippen LogP contribution in [0.25, 0.3) is 0 Å². The Balaban J connectivity index is 1.77. The van der Waals surface area contributed by atoms with Gasteiger partial charge < -0.3 is 19.3 Å². The highest BCUT2D eigenvalue weighted by Crippen LogP contribution is 2.48. The predicted octanol–water partition coefficient (Wildman–Crippen LogP) is 4.82. The summed E-state index contributed by atoms with van der Waals surface area (Å²) in [5.41, 5.74) is 3.46. The van der Waals surface area contributed by atoms with Gasteiger partial charge in [0.15, 0.2) is 17.3 Å². The van der Waals surface area contributed by atoms with Crippen LogP contribution in [0.2, 0.25) is 5.02 Å². The quantitative estimate of drug-likeness (QED) is 0.435. The Hall–Kier alpha value is -3.16. The van der Waals surface area contributed by atoms with Crippen LogP contribution in [-0.4, -0.2) is 50.0 Å². The van der Waals surface area contributed by atoms with Crippen molar-refractivity contribution in [1.82, 2.24) is 0 Å². The van der Waals surface area contributed by atoms with Crippen LogP contribution in [0.15, 0.2) is 58.7 Å². The number of ketones is 1. The molecule has 35 heavy (non-hydrogen) atoms. The predicted molar refractivity (Wildman–Crippen MR) is 132 cm³/mol. The third-order valence-corrected chi connectivity index (χ3v) is 6.83. The first kappa shape index (κ1) is 24.9. The number of phenols is 1. The number of hydrogen-bond donors (Lipinski definition) is 1. The molecular formula is C27H28ClNO6. The molecular weight excluding hydrogens is 470 g/mol. The average Bonchev–Trinajstić information content (AvgIpc) is 2.84. The zero-order valence-corrected chi connectivity index (χ0v) is 20.7. The maximum Gasteiger partial charge on any atom is 0.315 e. The van der Waals surface area contributed by atoms with E-state index in [0.717, 1.165) is 5.56 Å². The standard InChI is InChI=1S/C27H28ClNO6/c1-15-24(27(32)35-11-10-33-2)25(17-6-9-21(30)23(14-17)34-3)26-20(29-15)12-18(13-22(26)31)16-4-7-19(28)8-5-16/h4-9,14,18,24-25,30H,10-13H2,1-3H3/t18-,24?,25-/m0/s1. The Labute approximate surface area is 209 Å². The zero-order chi connectivity index (χ0) is 25.1. The minimum atomic E-state index is -0.782. The van der Waals surface area contributed by atoms with Gasteiger partial charge in [-0.2, -0.15) is 0 Å². The number of phenolic OH excluding ortho intramolecular Hbond substituents is 1. The summed E-state index contributed by atoms with van der Waals surface area (Å²) >= 11 is 6.05. The smallest absolute Gasteiger partial charge is 0.315 e. The van der Waals surface area contributed by atoms with Crippen molar-refractivity contribution in [3.8, 4) is 11.5 Å². The van der Waals surface area contributed by atoms with E-state index >= 15 is 0 Å². The molecule has 3 atom stereocenters. The number of esters is 1. The van der Waals surface area contributed by atoms with Gasteiger partial charge in [0.25, 0.3) is 0 Å². The fourth-order valence-corrected chi connectivity index (χ4v) is 5.02. The van der Waals surface area contributed by atoms with Crippen molar-refractivity contribution in [2.45, 2.75) is 31.6 Å². The molecule has 0 fully saturated rings. The largest absolute Gasteiger partial charge is 0.504 e. The van der Waals surface area contributed by atoms with E-state index in [1.807, 2.05) is 24.3 Å². The van der Waals surface area contributed by atoms with Crippen LogP contribution in [0.4, 0.5) is 0 Å². The molecule has 0 spiro atoms. The lowest BCUT2D eigenvalue weighted by molar-refractivity contribution is -0.147. The van der Waals surface area contributed by atoms with Gasteiger partial charge in [-0.3, -0.25) is 14.6 Å². The Morgan fingerprint density at radius 1 is 1.09 bits per heavy atom. The fraction of sp³-hybridized carbons (Fsp3) is 0.370. The van der Waals surface area contributed by atoms with Gasteiger partial charge in [0.1, 0.15) is 12.5 Å². The van der Waals surface area contributed by atoms with Gasteiger partial charge in [0.05, 0.1) is 13.7 Å². The van der Waals surface area contributed by atoms with Crippen molar-refractivity contribution >= 4 is 29.1 Å². The van der Waals surface area contributed by atoms with Crippen molar-refractivity contribution < 1.29 is 28.9 Å². The van der Waals surface area contributed by atoms with Gasteiger partial charge in [0.2, 0.25) is 0 Å². The minimum absolute atomic E-state index is 0.0244. The maximum absolute atomic E-state index is 13.6. The highest BCUT2D eigenvalue weighted by atomic mass is 35.5. The van der Waals surface area contributed by atoms with Gasteiger partial charge in [0, 0.05) is 41.5 Å². The van der Waals surface area contributed by atoms with Crippen LogP contribution in [0, 0.1) is 5.92 Å². The summed E-state index contributed by atoms with van der Waals surface area (Å²) in [7, 11) is 2.98. The van der Waals surface area contributed by atoms with E-state index in [2.05, 4.69) is 0 Å². The van der Waals surface area contributed by atoms with Crippen molar-refractivity contribution in [2.75, 3.05) is 27.4 Å². The number of nitrogens with zero attached hydrogens (tertiary/aromatic N) is 1. The van der Waals surface area contributed by atoms with Gasteiger partial charge in [-0.15, -0.1) is 0 Å². The molecule has 4 rings (SSSR count). The summed E-state index contributed by atoms with van der Waals surface area (Å²) < 4.78 is 15.8. The number of allylic oxidation sites excluding steroid dienone is 2. The molecule has 1 aliphatic carbocycles. The van der Waals surface area contributed by atoms with Crippen LogP contribution in [0.3, 0.4) is 0 Å². The Kier molecular flexibility index (Phi) is 7.57. The molecule has 8 heteroatoms. The van der Waals surface area contributed by atoms with Gasteiger partial charge >= 0.3 is 5.97 Å². The highest BCUT2D eigenvalue weighted by molar-refractivity contribution is 6.30. The first-order chi connectivity index (χ1) is 16.8. The van der Waals surface area contributed by atoms with E-state index < -0.39 is 17.8 Å². The van der Waals surface area contributed by atoms with E-state index in [1.54, 1.807) is 19.1 Å². The Bertz CT molecular complexity index is 1190. The lowest BCUT2D eigenvalue weighted by atomic mass is 9.69. The Morgan fingerprint density at radius 2 is 1.80 bits per heavy atom. The third kappa shape index (κ3) is 5.11. The molecule has 2 aliphatic rings. The normalized spacial score (nSPS) is 21.9. The fourth-order valence-electron chi connectivity index (χ4n) is 4.90. The summed E-state index contributed by atoms with van der Waals surface area (Å²) in [5.74, 6) is -1.71. The molecule has 1 aliphatic heterocycles. The topological polar surface area (TPSA) is 94.4 Å². The monoisotopic (exact) mass is 497 g/mol. The summed E-state index contributed by atoms with van der Waals surface area (Å²) in [6, 6.07) is 12.4. The second kappa shape index (κ2) is 10.6. The molecule has 7 nitrogen and oxygen atoms in total. The highest BCUT2D eigenvalue weighted by Gasteiger charge is 2.45. The molecule has 184 valence electrons. The first-order valence-corrected chi connectivity index (χ1v) is 11.8. The third-order valence-electron chi connectivity index (χ3n) is 6.58. The summed E-state index contributed by atoms with van der Waals surface area (Å²) in [4.78, 5) is 31.6. The van der Waals surface area contributed by atoms with Gasteiger partial charge in [-0.25, -0.2) is 0 Å². The van der Waals surface area contributed by atoms with Crippen molar-refractivity contribution in [3.05, 3.63) is 69.9 Å². The van der Waals surface area contributed by atoms with Crippen LogP contribution >= 0.6 is 11.6 Å². The molecule has 1 heterocycles. The lowest BCUT2D eigenvalue weighted by Crippen LogP contribution is -2.38. The molecule has 0 amide bonds. The SMILES string of the molecule is COCCOC(=O)C1C(C)=NC2=C(C(=O)C[C@@H](c3ccc(Cl)cc3)C2)[C@H]1c1ccc(O)c(OC)c1. The van der Waals surface area contributed by atoms with E-state index in [9.17, 15) is 14.7 Å². The van der Waals surface area contributed by atoms with Crippen LogP contribution in [0.5, 0.6) is 11.5 Å². The van der Waals surface area contributed by atoms with Gasteiger partial charge in [-0.05, 0) is 54.7 Å². The van der Waals surface area contributed by atoms with Crippen LogP contribution in [-0.2, 0) is 19.1 Å². The van der Waals surface area contributed by atoms with Crippen LogP contribution < -0.4 is 4.74 Å². The second-order valence-corrected chi connectivity index (χ2v) is 9.18. The van der Waals surface area contributed by atoms with Crippen LogP contribution in [0.1, 0.15) is 42.7 Å². The number of Topliss-reactive ketones (excluding diaryl/α,β-unsaturated/α-hetero) is 1. The number of halogens is 1. The number of carbonyl (C=O) groups is 2. The first-order valence-electron chi connectivity index (χ1n) is 11.4. The number of benzene rings is 2. The number of carbonyl (C=O) groups excluding carboxylic acids is 2. The van der Waals surface area contributed by atoms with Crippen molar-refractivity contribution in [3.63, 3.8) is 0 Å². The Morgan fingerprint density at radius 3 is 2.49 bits per heavy atom. The zero-order valence-electron chi connectivity index (χ0n) is 19.9. The number of aliphatic imine (C=N–C) groups is 1. The lowest BCUT2D eigenvalue weighted by Gasteiger charge is -2.36. The van der Waals surface area contributed by atoms with E-state index in [0.29, 0.717) is 40.4 Å². The number of methoxy groups -OCH3 is 2. The van der Waals surface area contributed by atoms with Gasteiger partial charge in [-0.1, -0.05) is 29.8 Å². The number of aromatic hydroxyl groups is 1. The molecule has 1 N–H and O–H groups in total. The molecule has 2 aromatic rings. The molecule has 0 bridgehead atoms. The molecule has 0 saturated heterocycles. The summed E-state index contributed by atoms with van der Waals surface area (Å²) in [5, 5.41) is 10.8. The average molecular weight is 498 g/mol. The number of rotatable bonds is 7. The second-order valence-electron chi connectivity index (χ2n) is 8.74. The van der Waals surface area contributed by atoms with Crippen molar-refractivity contribution in [1.29, 1.82) is 0 Å².